The Morgan fingerprint density at radius 2 is 2.06 bits per heavy atom. The van der Waals surface area contributed by atoms with Gasteiger partial charge in [-0.3, -0.25) is 0 Å². The van der Waals surface area contributed by atoms with Crippen LogP contribution in [0.3, 0.4) is 0 Å². The number of ether oxygens (including phenoxy) is 2. The third kappa shape index (κ3) is 5.92. The molecule has 1 rings (SSSR count). The van der Waals surface area contributed by atoms with Crippen molar-refractivity contribution in [2.75, 3.05) is 13.2 Å². The van der Waals surface area contributed by atoms with Crippen molar-refractivity contribution >= 4 is 6.09 Å². The first kappa shape index (κ1) is 13.5. The van der Waals surface area contributed by atoms with Crippen molar-refractivity contribution in [2.45, 2.75) is 26.6 Å². The Hall–Kier alpha value is -1.55. The fourth-order valence-corrected chi connectivity index (χ4v) is 1.32. The fraction of sp³-hybridized carbons (Fsp3) is 0.462. The monoisotopic (exact) mass is 237 g/mol. The van der Waals surface area contributed by atoms with E-state index in [9.17, 15) is 4.79 Å². The number of hydrogen-bond donors (Lipinski definition) is 1. The molecule has 4 heteroatoms. The quantitative estimate of drug-likeness (QED) is 0.826. The highest BCUT2D eigenvalue weighted by Gasteiger charge is 2.08. The number of nitrogens with one attached hydrogen (secondary N) is 1. The molecule has 0 saturated heterocycles. The summed E-state index contributed by atoms with van der Waals surface area (Å²) in [5, 5.41) is 2.57. The van der Waals surface area contributed by atoms with Crippen molar-refractivity contribution in [1.82, 2.24) is 5.32 Å². The largest absolute Gasteiger partial charge is 0.444 e. The van der Waals surface area contributed by atoms with Crippen molar-refractivity contribution < 1.29 is 14.3 Å². The molecule has 94 valence electrons. The van der Waals surface area contributed by atoms with Gasteiger partial charge >= 0.3 is 6.09 Å². The van der Waals surface area contributed by atoms with Gasteiger partial charge < -0.3 is 14.8 Å². The molecule has 0 radical (unpaired) electrons. The van der Waals surface area contributed by atoms with Gasteiger partial charge in [0.1, 0.15) is 6.10 Å². The zero-order valence-corrected chi connectivity index (χ0v) is 10.3. The van der Waals surface area contributed by atoms with Crippen LogP contribution in [0.2, 0.25) is 0 Å². The topological polar surface area (TPSA) is 47.6 Å². The molecular formula is C13H19NO3. The molecule has 0 fully saturated rings. The molecule has 1 N–H and O–H groups in total. The minimum Gasteiger partial charge on any atom is -0.444 e. The van der Waals surface area contributed by atoms with Crippen molar-refractivity contribution in [1.29, 1.82) is 0 Å². The molecule has 1 atom stereocenters. The van der Waals surface area contributed by atoms with E-state index >= 15 is 0 Å². The van der Waals surface area contributed by atoms with Gasteiger partial charge in [0.25, 0.3) is 0 Å². The fourth-order valence-electron chi connectivity index (χ4n) is 1.32. The molecule has 0 heterocycles. The second-order valence-electron chi connectivity index (χ2n) is 3.75. The lowest BCUT2D eigenvalue weighted by atomic mass is 10.2. The zero-order valence-electron chi connectivity index (χ0n) is 10.3. The molecule has 0 aliphatic heterocycles. The average Bonchev–Trinajstić information content (AvgIpc) is 2.30. The SMILES string of the molecule is CCNC(=O)OC(C)COCc1ccccc1. The summed E-state index contributed by atoms with van der Waals surface area (Å²) >= 11 is 0. The number of carbonyl (C=O) groups is 1. The van der Waals surface area contributed by atoms with E-state index in [2.05, 4.69) is 5.32 Å². The molecule has 0 aliphatic carbocycles. The molecule has 1 unspecified atom stereocenters. The van der Waals surface area contributed by atoms with Crippen molar-refractivity contribution in [3.63, 3.8) is 0 Å². The maximum atomic E-state index is 11.1. The summed E-state index contributed by atoms with van der Waals surface area (Å²) in [6.07, 6.45) is -0.645. The molecule has 4 nitrogen and oxygen atoms in total. The van der Waals surface area contributed by atoms with E-state index in [-0.39, 0.29) is 6.10 Å². The molecule has 0 saturated carbocycles. The van der Waals surface area contributed by atoms with E-state index in [0.717, 1.165) is 5.56 Å². The van der Waals surface area contributed by atoms with Crippen molar-refractivity contribution in [3.8, 4) is 0 Å². The van der Waals surface area contributed by atoms with Crippen LogP contribution in [-0.4, -0.2) is 25.3 Å². The summed E-state index contributed by atoms with van der Waals surface area (Å²) in [4.78, 5) is 11.1. The third-order valence-electron chi connectivity index (χ3n) is 2.09. The number of alkyl carbamates (subject to hydrolysis) is 1. The molecule has 0 aliphatic rings. The third-order valence-corrected chi connectivity index (χ3v) is 2.09. The number of benzene rings is 1. The van der Waals surface area contributed by atoms with Crippen molar-refractivity contribution in [2.24, 2.45) is 0 Å². The highest BCUT2D eigenvalue weighted by molar-refractivity contribution is 5.67. The smallest absolute Gasteiger partial charge is 0.407 e. The van der Waals surface area contributed by atoms with E-state index in [0.29, 0.717) is 19.8 Å². The summed E-state index contributed by atoms with van der Waals surface area (Å²) < 4.78 is 10.5. The van der Waals surface area contributed by atoms with Gasteiger partial charge in [-0.2, -0.15) is 0 Å². The second-order valence-corrected chi connectivity index (χ2v) is 3.75. The summed E-state index contributed by atoms with van der Waals surface area (Å²) in [5.41, 5.74) is 1.11. The zero-order chi connectivity index (χ0) is 12.5. The molecule has 0 aromatic heterocycles. The summed E-state index contributed by atoms with van der Waals surface area (Å²) in [6.45, 7) is 5.14. The number of hydrogen-bond acceptors (Lipinski definition) is 3. The second kappa shape index (κ2) is 7.68. The Morgan fingerprint density at radius 3 is 2.71 bits per heavy atom. The van der Waals surface area contributed by atoms with E-state index in [1.165, 1.54) is 0 Å². The highest BCUT2D eigenvalue weighted by atomic mass is 16.6. The van der Waals surface area contributed by atoms with Crippen LogP contribution in [0.1, 0.15) is 19.4 Å². The van der Waals surface area contributed by atoms with E-state index in [1.54, 1.807) is 6.92 Å². The van der Waals surface area contributed by atoms with Crippen LogP contribution in [-0.2, 0) is 16.1 Å². The van der Waals surface area contributed by atoms with Crippen LogP contribution < -0.4 is 5.32 Å². The predicted octanol–water partition coefficient (Wildman–Crippen LogP) is 2.34. The minimum atomic E-state index is -0.400. The first-order chi connectivity index (χ1) is 8.22. The van der Waals surface area contributed by atoms with Gasteiger partial charge in [-0.05, 0) is 19.4 Å². The molecule has 1 amide bonds. The van der Waals surface area contributed by atoms with Gasteiger partial charge in [-0.25, -0.2) is 4.79 Å². The average molecular weight is 237 g/mol. The Labute approximate surface area is 102 Å². The maximum absolute atomic E-state index is 11.1. The van der Waals surface area contributed by atoms with Crippen LogP contribution in [0.5, 0.6) is 0 Å². The Kier molecular flexibility index (Phi) is 6.10. The lowest BCUT2D eigenvalue weighted by Gasteiger charge is -2.13. The first-order valence-electron chi connectivity index (χ1n) is 5.78. The summed E-state index contributed by atoms with van der Waals surface area (Å²) in [6, 6.07) is 9.88. The van der Waals surface area contributed by atoms with Gasteiger partial charge in [0.2, 0.25) is 0 Å². The molecule has 17 heavy (non-hydrogen) atoms. The Morgan fingerprint density at radius 1 is 1.35 bits per heavy atom. The Bertz CT molecular complexity index is 327. The normalized spacial score (nSPS) is 11.9. The van der Waals surface area contributed by atoms with Gasteiger partial charge in [0, 0.05) is 6.54 Å². The Balaban J connectivity index is 2.16. The molecule has 1 aromatic carbocycles. The molecular weight excluding hydrogens is 218 g/mol. The van der Waals surface area contributed by atoms with E-state index in [4.69, 9.17) is 9.47 Å². The summed E-state index contributed by atoms with van der Waals surface area (Å²) in [5.74, 6) is 0. The van der Waals surface area contributed by atoms with Crippen LogP contribution in [0.4, 0.5) is 4.79 Å². The van der Waals surface area contributed by atoms with Crippen LogP contribution in [0.25, 0.3) is 0 Å². The molecule has 0 spiro atoms. The van der Waals surface area contributed by atoms with E-state index in [1.807, 2.05) is 37.3 Å². The van der Waals surface area contributed by atoms with E-state index < -0.39 is 6.09 Å². The van der Waals surface area contributed by atoms with Crippen LogP contribution in [0.15, 0.2) is 30.3 Å². The lowest BCUT2D eigenvalue weighted by Crippen LogP contribution is -2.29. The number of amides is 1. The maximum Gasteiger partial charge on any atom is 0.407 e. The standard InChI is InChI=1S/C13H19NO3/c1-3-14-13(15)17-11(2)9-16-10-12-7-5-4-6-8-12/h4-8,11H,3,9-10H2,1-2H3,(H,14,15). The van der Waals surface area contributed by atoms with Gasteiger partial charge in [0.05, 0.1) is 13.2 Å². The first-order valence-corrected chi connectivity index (χ1v) is 5.78. The van der Waals surface area contributed by atoms with Crippen LogP contribution >= 0.6 is 0 Å². The highest BCUT2D eigenvalue weighted by Crippen LogP contribution is 2.02. The molecule has 0 bridgehead atoms. The van der Waals surface area contributed by atoms with Gasteiger partial charge in [-0.15, -0.1) is 0 Å². The van der Waals surface area contributed by atoms with Crippen molar-refractivity contribution in [3.05, 3.63) is 35.9 Å². The van der Waals surface area contributed by atoms with Gasteiger partial charge in [-0.1, -0.05) is 30.3 Å². The number of carbonyl (C=O) groups excluding carboxylic acids is 1. The summed E-state index contributed by atoms with van der Waals surface area (Å²) in [7, 11) is 0. The van der Waals surface area contributed by atoms with Gasteiger partial charge in [0.15, 0.2) is 0 Å². The minimum absolute atomic E-state index is 0.245. The van der Waals surface area contributed by atoms with Crippen LogP contribution in [0, 0.1) is 0 Å². The predicted molar refractivity (Wildman–Crippen MR) is 65.7 cm³/mol. The number of rotatable bonds is 6. The molecule has 1 aromatic rings. The lowest BCUT2D eigenvalue weighted by molar-refractivity contribution is 0.0220.